The van der Waals surface area contributed by atoms with Gasteiger partial charge in [-0.2, -0.15) is 0 Å². The van der Waals surface area contributed by atoms with E-state index in [2.05, 4.69) is 0 Å². The highest BCUT2D eigenvalue weighted by atomic mass is 16.6. The molecular formula is C22H21NO6. The number of hydrogen-bond donors (Lipinski definition) is 0. The summed E-state index contributed by atoms with van der Waals surface area (Å²) in [5, 5.41) is 0. The van der Waals surface area contributed by atoms with Crippen LogP contribution in [0.5, 0.6) is 0 Å². The molecule has 0 unspecified atom stereocenters. The maximum absolute atomic E-state index is 12.6. The molecule has 1 saturated heterocycles. The first kappa shape index (κ1) is 20.3. The Morgan fingerprint density at radius 3 is 2.31 bits per heavy atom. The Bertz CT molecular complexity index is 896. The van der Waals surface area contributed by atoms with Crippen molar-refractivity contribution in [1.82, 2.24) is 4.90 Å². The van der Waals surface area contributed by atoms with Crippen LogP contribution in [0.2, 0.25) is 0 Å². The smallest absolute Gasteiger partial charge is 0.417 e. The lowest BCUT2D eigenvalue weighted by Gasteiger charge is -2.22. The summed E-state index contributed by atoms with van der Waals surface area (Å²) in [5.74, 6) is -1.67. The number of Topliss-reactive ketones (excluding diaryl/α,β-unsaturated/α-hetero) is 1. The fraction of sp³-hybridized carbons (Fsp3) is 0.273. The SMILES string of the molecule is C[C@H](OC(=O)[C@@H]1CCC(=O)N1C(=O)OCc1ccccc1)C(=O)c1ccccc1. The molecule has 2 amide bonds. The molecule has 2 aromatic rings. The first-order chi connectivity index (χ1) is 14.0. The predicted octanol–water partition coefficient (Wildman–Crippen LogP) is 3.13. The molecule has 0 radical (unpaired) electrons. The van der Waals surface area contributed by atoms with Gasteiger partial charge in [-0.3, -0.25) is 9.59 Å². The molecule has 2 atom stereocenters. The summed E-state index contributed by atoms with van der Waals surface area (Å²) in [5.41, 5.74) is 1.17. The Morgan fingerprint density at radius 1 is 1.03 bits per heavy atom. The van der Waals surface area contributed by atoms with E-state index < -0.39 is 30.1 Å². The first-order valence-corrected chi connectivity index (χ1v) is 9.30. The van der Waals surface area contributed by atoms with Crippen LogP contribution < -0.4 is 0 Å². The summed E-state index contributed by atoms with van der Waals surface area (Å²) in [4.78, 5) is 50.2. The fourth-order valence-electron chi connectivity index (χ4n) is 3.07. The maximum atomic E-state index is 12.6. The van der Waals surface area contributed by atoms with E-state index in [9.17, 15) is 19.2 Å². The number of ether oxygens (including phenoxy) is 2. The van der Waals surface area contributed by atoms with Crippen molar-refractivity contribution in [3.05, 3.63) is 71.8 Å². The summed E-state index contributed by atoms with van der Waals surface area (Å²) < 4.78 is 10.4. The number of ketones is 1. The molecular weight excluding hydrogens is 374 g/mol. The first-order valence-electron chi connectivity index (χ1n) is 9.30. The predicted molar refractivity (Wildman–Crippen MR) is 103 cm³/mol. The fourth-order valence-corrected chi connectivity index (χ4v) is 3.07. The van der Waals surface area contributed by atoms with Crippen LogP contribution in [-0.2, 0) is 25.7 Å². The van der Waals surface area contributed by atoms with Gasteiger partial charge in [-0.05, 0) is 18.9 Å². The van der Waals surface area contributed by atoms with Gasteiger partial charge in [0.05, 0.1) is 0 Å². The normalized spacial score (nSPS) is 16.9. The van der Waals surface area contributed by atoms with Crippen molar-refractivity contribution in [2.45, 2.75) is 38.5 Å². The number of carbonyl (C=O) groups excluding carboxylic acids is 4. The summed E-state index contributed by atoms with van der Waals surface area (Å²) >= 11 is 0. The zero-order chi connectivity index (χ0) is 20.8. The lowest BCUT2D eigenvalue weighted by Crippen LogP contribution is -2.45. The third kappa shape index (κ3) is 4.87. The van der Waals surface area contributed by atoms with E-state index in [1.807, 2.05) is 6.07 Å². The maximum Gasteiger partial charge on any atom is 0.417 e. The molecule has 0 aliphatic carbocycles. The van der Waals surface area contributed by atoms with Crippen molar-refractivity contribution >= 4 is 23.8 Å². The van der Waals surface area contributed by atoms with Gasteiger partial charge in [0.1, 0.15) is 12.6 Å². The third-order valence-electron chi connectivity index (χ3n) is 4.61. The van der Waals surface area contributed by atoms with E-state index in [1.165, 1.54) is 6.92 Å². The average molecular weight is 395 g/mol. The molecule has 1 aliphatic rings. The number of rotatable bonds is 6. The summed E-state index contributed by atoms with van der Waals surface area (Å²) in [7, 11) is 0. The van der Waals surface area contributed by atoms with Gasteiger partial charge >= 0.3 is 12.1 Å². The summed E-state index contributed by atoms with van der Waals surface area (Å²) in [6.07, 6.45) is -1.78. The molecule has 7 nitrogen and oxygen atoms in total. The van der Waals surface area contributed by atoms with Crippen LogP contribution in [-0.4, -0.2) is 40.8 Å². The van der Waals surface area contributed by atoms with Crippen molar-refractivity contribution in [3.8, 4) is 0 Å². The van der Waals surface area contributed by atoms with Gasteiger partial charge in [-0.25, -0.2) is 14.5 Å². The standard InChI is InChI=1S/C22H21NO6/c1-15(20(25)17-10-6-3-7-11-17)29-21(26)18-12-13-19(24)23(18)22(27)28-14-16-8-4-2-5-9-16/h2-11,15,18H,12-14H2,1H3/t15-,18-/m0/s1. The number of hydrogen-bond acceptors (Lipinski definition) is 6. The van der Waals surface area contributed by atoms with Gasteiger partial charge in [-0.1, -0.05) is 60.7 Å². The highest BCUT2D eigenvalue weighted by molar-refractivity contribution is 6.02. The van der Waals surface area contributed by atoms with E-state index in [4.69, 9.17) is 9.47 Å². The van der Waals surface area contributed by atoms with E-state index in [-0.39, 0.29) is 25.2 Å². The minimum absolute atomic E-state index is 0.0197. The molecule has 1 aliphatic heterocycles. The molecule has 1 heterocycles. The zero-order valence-electron chi connectivity index (χ0n) is 15.9. The van der Waals surface area contributed by atoms with Crippen molar-refractivity contribution in [2.24, 2.45) is 0 Å². The van der Waals surface area contributed by atoms with Gasteiger partial charge < -0.3 is 9.47 Å². The molecule has 0 saturated carbocycles. The minimum Gasteiger partial charge on any atom is -0.453 e. The van der Waals surface area contributed by atoms with Crippen LogP contribution in [0.3, 0.4) is 0 Å². The molecule has 0 aromatic heterocycles. The third-order valence-corrected chi connectivity index (χ3v) is 4.61. The number of benzene rings is 2. The number of carbonyl (C=O) groups is 4. The van der Waals surface area contributed by atoms with Crippen molar-refractivity contribution in [3.63, 3.8) is 0 Å². The Kier molecular flexibility index (Phi) is 6.39. The largest absolute Gasteiger partial charge is 0.453 e. The lowest BCUT2D eigenvalue weighted by atomic mass is 10.1. The molecule has 2 aromatic carbocycles. The molecule has 0 N–H and O–H groups in total. The topological polar surface area (TPSA) is 90.0 Å². The molecule has 7 heteroatoms. The summed E-state index contributed by atoms with van der Waals surface area (Å²) in [6.45, 7) is 1.44. The molecule has 150 valence electrons. The second-order valence-corrected chi connectivity index (χ2v) is 6.67. The molecule has 29 heavy (non-hydrogen) atoms. The number of likely N-dealkylation sites (tertiary alicyclic amines) is 1. The highest BCUT2D eigenvalue weighted by Gasteiger charge is 2.43. The van der Waals surface area contributed by atoms with Gasteiger partial charge in [0.15, 0.2) is 6.10 Å². The minimum atomic E-state index is -1.10. The monoisotopic (exact) mass is 395 g/mol. The molecule has 0 bridgehead atoms. The second kappa shape index (κ2) is 9.14. The van der Waals surface area contributed by atoms with Crippen LogP contribution in [0.4, 0.5) is 4.79 Å². The number of esters is 1. The van der Waals surface area contributed by atoms with Crippen LogP contribution in [0, 0.1) is 0 Å². The highest BCUT2D eigenvalue weighted by Crippen LogP contribution is 2.22. The second-order valence-electron chi connectivity index (χ2n) is 6.67. The molecule has 1 fully saturated rings. The average Bonchev–Trinajstić information content (AvgIpc) is 3.14. The van der Waals surface area contributed by atoms with E-state index in [0.717, 1.165) is 10.5 Å². The van der Waals surface area contributed by atoms with Crippen molar-refractivity contribution in [2.75, 3.05) is 0 Å². The Labute approximate surface area is 168 Å². The van der Waals surface area contributed by atoms with Gasteiger partial charge in [-0.15, -0.1) is 0 Å². The van der Waals surface area contributed by atoms with Crippen LogP contribution >= 0.6 is 0 Å². The van der Waals surface area contributed by atoms with Gasteiger partial charge in [0, 0.05) is 12.0 Å². The zero-order valence-corrected chi connectivity index (χ0v) is 15.9. The number of imide groups is 1. The Hall–Kier alpha value is -3.48. The van der Waals surface area contributed by atoms with Crippen LogP contribution in [0.25, 0.3) is 0 Å². The van der Waals surface area contributed by atoms with E-state index >= 15 is 0 Å². The van der Waals surface area contributed by atoms with E-state index in [0.29, 0.717) is 5.56 Å². The van der Waals surface area contributed by atoms with Gasteiger partial charge in [0.2, 0.25) is 11.7 Å². The lowest BCUT2D eigenvalue weighted by molar-refractivity contribution is -0.153. The Balaban J connectivity index is 1.62. The van der Waals surface area contributed by atoms with Crippen molar-refractivity contribution in [1.29, 1.82) is 0 Å². The Morgan fingerprint density at radius 2 is 1.66 bits per heavy atom. The number of nitrogens with zero attached hydrogens (tertiary/aromatic N) is 1. The molecule has 3 rings (SSSR count). The van der Waals surface area contributed by atoms with E-state index in [1.54, 1.807) is 54.6 Å². The summed E-state index contributed by atoms with van der Waals surface area (Å²) in [6, 6.07) is 16.3. The number of amides is 2. The van der Waals surface area contributed by atoms with Crippen LogP contribution in [0.15, 0.2) is 60.7 Å². The van der Waals surface area contributed by atoms with Crippen molar-refractivity contribution < 1.29 is 28.7 Å². The quantitative estimate of drug-likeness (QED) is 0.551. The van der Waals surface area contributed by atoms with Crippen LogP contribution in [0.1, 0.15) is 35.7 Å². The van der Waals surface area contributed by atoms with Gasteiger partial charge in [0.25, 0.3) is 0 Å². The molecule has 0 spiro atoms.